The molecule has 1 heterocycles. The third-order valence-corrected chi connectivity index (χ3v) is 3.06. The molecule has 0 saturated carbocycles. The van der Waals surface area contributed by atoms with Gasteiger partial charge in [0.2, 0.25) is 0 Å². The molecular formula is C15H20N2O4. The van der Waals surface area contributed by atoms with E-state index >= 15 is 0 Å². The molecular weight excluding hydrogens is 272 g/mol. The van der Waals surface area contributed by atoms with Crippen LogP contribution in [0.25, 0.3) is 0 Å². The van der Waals surface area contributed by atoms with Gasteiger partial charge < -0.3 is 14.8 Å². The van der Waals surface area contributed by atoms with Gasteiger partial charge in [-0.05, 0) is 38.5 Å². The average Bonchev–Trinajstić information content (AvgIpc) is 2.78. The first-order valence-corrected chi connectivity index (χ1v) is 6.76. The first-order chi connectivity index (χ1) is 9.80. The third-order valence-electron chi connectivity index (χ3n) is 3.06. The highest BCUT2D eigenvalue weighted by atomic mass is 16.6. The van der Waals surface area contributed by atoms with Crippen LogP contribution in [0.15, 0.2) is 18.2 Å². The molecule has 0 fully saturated rings. The van der Waals surface area contributed by atoms with Gasteiger partial charge in [0.25, 0.3) is 0 Å². The number of methoxy groups -OCH3 is 1. The fraction of sp³-hybridized carbons (Fsp3) is 0.467. The third kappa shape index (κ3) is 3.65. The molecule has 0 aliphatic carbocycles. The van der Waals surface area contributed by atoms with Crippen molar-refractivity contribution in [2.45, 2.75) is 32.3 Å². The van der Waals surface area contributed by atoms with Gasteiger partial charge in [0.05, 0.1) is 7.11 Å². The summed E-state index contributed by atoms with van der Waals surface area (Å²) in [7, 11) is 1.37. The summed E-state index contributed by atoms with van der Waals surface area (Å²) in [5.74, 6) is -0.574. The maximum absolute atomic E-state index is 11.7. The number of fused-ring (bicyclic) bond motifs is 1. The second-order valence-electron chi connectivity index (χ2n) is 5.89. The SMILES string of the molecule is COC(=O)C1CNc2cc(NC(=O)OC(C)(C)C)ccc21. The zero-order chi connectivity index (χ0) is 15.6. The molecule has 0 spiro atoms. The Morgan fingerprint density at radius 3 is 2.67 bits per heavy atom. The number of esters is 1. The lowest BCUT2D eigenvalue weighted by Crippen LogP contribution is -2.27. The topological polar surface area (TPSA) is 76.7 Å². The highest BCUT2D eigenvalue weighted by molar-refractivity contribution is 5.88. The van der Waals surface area contributed by atoms with Gasteiger partial charge in [-0.2, -0.15) is 0 Å². The van der Waals surface area contributed by atoms with Gasteiger partial charge in [0, 0.05) is 17.9 Å². The maximum Gasteiger partial charge on any atom is 0.412 e. The Morgan fingerprint density at radius 1 is 1.33 bits per heavy atom. The van der Waals surface area contributed by atoms with Crippen molar-refractivity contribution in [2.24, 2.45) is 0 Å². The molecule has 1 aromatic rings. The van der Waals surface area contributed by atoms with E-state index in [1.807, 2.05) is 6.07 Å². The zero-order valence-electron chi connectivity index (χ0n) is 12.6. The first kappa shape index (κ1) is 15.2. The van der Waals surface area contributed by atoms with Gasteiger partial charge in [0.1, 0.15) is 11.5 Å². The van der Waals surface area contributed by atoms with Crippen molar-refractivity contribution in [1.29, 1.82) is 0 Å². The van der Waals surface area contributed by atoms with Gasteiger partial charge in [-0.3, -0.25) is 10.1 Å². The van der Waals surface area contributed by atoms with Crippen LogP contribution in [0.4, 0.5) is 16.2 Å². The number of carbonyl (C=O) groups excluding carboxylic acids is 2. The second kappa shape index (κ2) is 5.63. The van der Waals surface area contributed by atoms with Crippen LogP contribution in [0.3, 0.4) is 0 Å². The van der Waals surface area contributed by atoms with Crippen molar-refractivity contribution in [1.82, 2.24) is 0 Å². The van der Waals surface area contributed by atoms with E-state index in [1.165, 1.54) is 7.11 Å². The molecule has 1 aliphatic rings. The Bertz CT molecular complexity index is 563. The molecule has 1 aromatic carbocycles. The van der Waals surface area contributed by atoms with E-state index in [0.29, 0.717) is 12.2 Å². The molecule has 1 amide bonds. The normalized spacial score (nSPS) is 16.7. The Morgan fingerprint density at radius 2 is 2.05 bits per heavy atom. The van der Waals surface area contributed by atoms with E-state index in [-0.39, 0.29) is 11.9 Å². The molecule has 0 aromatic heterocycles. The number of rotatable bonds is 2. The Kier molecular flexibility index (Phi) is 4.06. The summed E-state index contributed by atoms with van der Waals surface area (Å²) in [5.41, 5.74) is 1.76. The van der Waals surface area contributed by atoms with Crippen molar-refractivity contribution in [3.05, 3.63) is 23.8 Å². The largest absolute Gasteiger partial charge is 0.468 e. The van der Waals surface area contributed by atoms with Gasteiger partial charge in [-0.1, -0.05) is 6.07 Å². The van der Waals surface area contributed by atoms with Crippen molar-refractivity contribution in [3.8, 4) is 0 Å². The smallest absolute Gasteiger partial charge is 0.412 e. The predicted octanol–water partition coefficient (Wildman–Crippen LogP) is 2.72. The fourth-order valence-corrected chi connectivity index (χ4v) is 2.19. The summed E-state index contributed by atoms with van der Waals surface area (Å²) in [6.45, 7) is 5.91. The molecule has 0 radical (unpaired) electrons. The lowest BCUT2D eigenvalue weighted by molar-refractivity contribution is -0.141. The van der Waals surface area contributed by atoms with E-state index in [1.54, 1.807) is 32.9 Å². The highest BCUT2D eigenvalue weighted by Crippen LogP contribution is 2.34. The van der Waals surface area contributed by atoms with E-state index < -0.39 is 11.7 Å². The van der Waals surface area contributed by atoms with Gasteiger partial charge in [-0.15, -0.1) is 0 Å². The minimum atomic E-state index is -0.547. The van der Waals surface area contributed by atoms with Crippen molar-refractivity contribution >= 4 is 23.4 Å². The second-order valence-corrected chi connectivity index (χ2v) is 5.89. The van der Waals surface area contributed by atoms with Gasteiger partial charge >= 0.3 is 12.1 Å². The fourth-order valence-electron chi connectivity index (χ4n) is 2.19. The Labute approximate surface area is 123 Å². The summed E-state index contributed by atoms with van der Waals surface area (Å²) in [5, 5.41) is 5.80. The van der Waals surface area contributed by atoms with E-state index in [9.17, 15) is 9.59 Å². The van der Waals surface area contributed by atoms with Gasteiger partial charge in [0.15, 0.2) is 0 Å². The first-order valence-electron chi connectivity index (χ1n) is 6.76. The van der Waals surface area contributed by atoms with Crippen molar-refractivity contribution in [3.63, 3.8) is 0 Å². The number of hydrogen-bond donors (Lipinski definition) is 2. The summed E-state index contributed by atoms with van der Waals surface area (Å²) >= 11 is 0. The number of anilines is 2. The molecule has 114 valence electrons. The summed E-state index contributed by atoms with van der Waals surface area (Å²) < 4.78 is 9.97. The Balaban J connectivity index is 2.09. The standard InChI is InChI=1S/C15H20N2O4/c1-15(2,3)21-14(19)17-9-5-6-10-11(13(18)20-4)8-16-12(10)7-9/h5-7,11,16H,8H2,1-4H3,(H,17,19). The lowest BCUT2D eigenvalue weighted by Gasteiger charge is -2.19. The number of hydrogen-bond acceptors (Lipinski definition) is 5. The monoisotopic (exact) mass is 292 g/mol. The maximum atomic E-state index is 11.7. The van der Waals surface area contributed by atoms with E-state index in [0.717, 1.165) is 11.3 Å². The number of amides is 1. The Hall–Kier alpha value is -2.24. The van der Waals surface area contributed by atoms with E-state index in [2.05, 4.69) is 10.6 Å². The number of benzene rings is 1. The van der Waals surface area contributed by atoms with Crippen LogP contribution >= 0.6 is 0 Å². The lowest BCUT2D eigenvalue weighted by atomic mass is 10.0. The molecule has 6 heteroatoms. The van der Waals surface area contributed by atoms with Crippen LogP contribution in [0, 0.1) is 0 Å². The number of ether oxygens (including phenoxy) is 2. The van der Waals surface area contributed by atoms with Crippen LogP contribution in [-0.4, -0.2) is 31.3 Å². The van der Waals surface area contributed by atoms with E-state index in [4.69, 9.17) is 9.47 Å². The molecule has 0 bridgehead atoms. The van der Waals surface area contributed by atoms with Crippen LogP contribution in [-0.2, 0) is 14.3 Å². The molecule has 2 rings (SSSR count). The summed E-state index contributed by atoms with van der Waals surface area (Å²) in [6, 6.07) is 5.33. The minimum absolute atomic E-state index is 0.269. The summed E-state index contributed by atoms with van der Waals surface area (Å²) in [6.07, 6.45) is -0.509. The van der Waals surface area contributed by atoms with Crippen LogP contribution in [0.5, 0.6) is 0 Å². The van der Waals surface area contributed by atoms with Crippen molar-refractivity contribution < 1.29 is 19.1 Å². The molecule has 1 aliphatic heterocycles. The zero-order valence-corrected chi connectivity index (χ0v) is 12.6. The van der Waals surface area contributed by atoms with Crippen LogP contribution < -0.4 is 10.6 Å². The molecule has 1 atom stereocenters. The molecule has 0 saturated heterocycles. The van der Waals surface area contributed by atoms with Gasteiger partial charge in [-0.25, -0.2) is 4.79 Å². The van der Waals surface area contributed by atoms with Crippen LogP contribution in [0.1, 0.15) is 32.3 Å². The quantitative estimate of drug-likeness (QED) is 0.820. The number of nitrogens with one attached hydrogen (secondary N) is 2. The molecule has 21 heavy (non-hydrogen) atoms. The van der Waals surface area contributed by atoms with Crippen molar-refractivity contribution in [2.75, 3.05) is 24.3 Å². The molecule has 2 N–H and O–H groups in total. The number of carbonyl (C=O) groups is 2. The average molecular weight is 292 g/mol. The summed E-state index contributed by atoms with van der Waals surface area (Å²) in [4.78, 5) is 23.4. The molecule has 1 unspecified atom stereocenters. The highest BCUT2D eigenvalue weighted by Gasteiger charge is 2.29. The molecule has 6 nitrogen and oxygen atoms in total. The van der Waals surface area contributed by atoms with Crippen LogP contribution in [0.2, 0.25) is 0 Å². The minimum Gasteiger partial charge on any atom is -0.468 e. The predicted molar refractivity (Wildman–Crippen MR) is 79.5 cm³/mol.